The van der Waals surface area contributed by atoms with Crippen LogP contribution < -0.4 is 9.64 Å². The molecule has 0 amide bonds. The van der Waals surface area contributed by atoms with Crippen LogP contribution in [0.5, 0.6) is 5.75 Å². The second-order valence-electron chi connectivity index (χ2n) is 6.85. The van der Waals surface area contributed by atoms with Gasteiger partial charge < -0.3 is 14.4 Å². The van der Waals surface area contributed by atoms with E-state index in [0.717, 1.165) is 55.4 Å². The summed E-state index contributed by atoms with van der Waals surface area (Å²) in [5.41, 5.74) is 4.48. The fourth-order valence-corrected chi connectivity index (χ4v) is 3.67. The van der Waals surface area contributed by atoms with Gasteiger partial charge in [0.15, 0.2) is 0 Å². The van der Waals surface area contributed by atoms with Crippen molar-refractivity contribution >= 4 is 17.4 Å². The molecule has 0 aliphatic carbocycles. The van der Waals surface area contributed by atoms with Crippen molar-refractivity contribution in [3.63, 3.8) is 0 Å². The van der Waals surface area contributed by atoms with Gasteiger partial charge in [-0.1, -0.05) is 35.9 Å². The van der Waals surface area contributed by atoms with Crippen molar-refractivity contribution in [1.29, 1.82) is 0 Å². The van der Waals surface area contributed by atoms with Gasteiger partial charge in [0.05, 0.1) is 20.3 Å². The van der Waals surface area contributed by atoms with E-state index in [9.17, 15) is 0 Å². The molecule has 0 saturated carbocycles. The summed E-state index contributed by atoms with van der Waals surface area (Å²) in [4.78, 5) is 6.91. The molecule has 4 nitrogen and oxygen atoms in total. The van der Waals surface area contributed by atoms with E-state index in [4.69, 9.17) is 21.1 Å². The smallest absolute Gasteiger partial charge is 0.128 e. The highest BCUT2D eigenvalue weighted by atomic mass is 35.5. The highest BCUT2D eigenvalue weighted by molar-refractivity contribution is 6.30. The molecule has 0 unspecified atom stereocenters. The first-order valence-corrected chi connectivity index (χ1v) is 9.81. The molecule has 1 aliphatic heterocycles. The van der Waals surface area contributed by atoms with E-state index in [1.807, 2.05) is 36.5 Å². The van der Waals surface area contributed by atoms with E-state index in [1.54, 1.807) is 7.11 Å². The summed E-state index contributed by atoms with van der Waals surface area (Å²) in [6, 6.07) is 18.4. The third-order valence-corrected chi connectivity index (χ3v) is 5.19. The first kappa shape index (κ1) is 18.8. The van der Waals surface area contributed by atoms with Crippen molar-refractivity contribution in [1.82, 2.24) is 4.98 Å². The maximum atomic E-state index is 6.18. The van der Waals surface area contributed by atoms with E-state index in [-0.39, 0.29) is 0 Å². The molecule has 1 aliphatic rings. The average molecular weight is 395 g/mol. The van der Waals surface area contributed by atoms with Crippen LogP contribution in [-0.4, -0.2) is 38.4 Å². The summed E-state index contributed by atoms with van der Waals surface area (Å²) < 4.78 is 11.0. The van der Waals surface area contributed by atoms with Crippen LogP contribution in [0.2, 0.25) is 5.02 Å². The van der Waals surface area contributed by atoms with Crippen molar-refractivity contribution in [2.24, 2.45) is 0 Å². The molecule has 0 atom stereocenters. The molecule has 1 aromatic heterocycles. The Morgan fingerprint density at radius 2 is 1.86 bits per heavy atom. The quantitative estimate of drug-likeness (QED) is 0.620. The van der Waals surface area contributed by atoms with E-state index in [2.05, 4.69) is 34.1 Å². The molecular formula is C23H23ClN2O2. The summed E-state index contributed by atoms with van der Waals surface area (Å²) in [5.74, 6) is 1.85. The Labute approximate surface area is 170 Å². The standard InChI is InChI=1S/C23H23ClN2O2/c1-27-22-7-5-17(14-21(22)19-3-2-4-20(24)15-19)13-18-6-8-23(25-16-18)26-9-11-28-12-10-26/h2-8,14-16H,9-13H2,1H3. The SMILES string of the molecule is COc1ccc(Cc2ccc(N3CCOCC3)nc2)cc1-c1cccc(Cl)c1. The predicted octanol–water partition coefficient (Wildman–Crippen LogP) is 4.84. The number of benzene rings is 2. The normalized spacial score (nSPS) is 14.1. The van der Waals surface area contributed by atoms with Gasteiger partial charge in [0, 0.05) is 29.9 Å². The lowest BCUT2D eigenvalue weighted by Crippen LogP contribution is -2.36. The second kappa shape index (κ2) is 8.63. The third-order valence-electron chi connectivity index (χ3n) is 4.95. The number of aromatic nitrogens is 1. The van der Waals surface area contributed by atoms with Crippen molar-refractivity contribution in [2.45, 2.75) is 6.42 Å². The maximum absolute atomic E-state index is 6.18. The van der Waals surface area contributed by atoms with Crippen LogP contribution in [0.3, 0.4) is 0 Å². The maximum Gasteiger partial charge on any atom is 0.128 e. The number of ether oxygens (including phenoxy) is 2. The van der Waals surface area contributed by atoms with Crippen LogP contribution >= 0.6 is 11.6 Å². The number of pyridine rings is 1. The van der Waals surface area contributed by atoms with Gasteiger partial charge in [0.1, 0.15) is 11.6 Å². The van der Waals surface area contributed by atoms with Crippen molar-refractivity contribution in [3.05, 3.63) is 76.9 Å². The molecule has 4 rings (SSSR count). The Bertz CT molecular complexity index is 938. The topological polar surface area (TPSA) is 34.6 Å². The summed E-state index contributed by atoms with van der Waals surface area (Å²) in [6.45, 7) is 3.32. The molecule has 0 spiro atoms. The number of halogens is 1. The van der Waals surface area contributed by atoms with E-state index in [1.165, 1.54) is 11.1 Å². The van der Waals surface area contributed by atoms with Gasteiger partial charge in [0.25, 0.3) is 0 Å². The lowest BCUT2D eigenvalue weighted by atomic mass is 9.99. The van der Waals surface area contributed by atoms with Gasteiger partial charge >= 0.3 is 0 Å². The Kier molecular flexibility index (Phi) is 5.79. The minimum Gasteiger partial charge on any atom is -0.496 e. The zero-order chi connectivity index (χ0) is 19.3. The molecule has 144 valence electrons. The van der Waals surface area contributed by atoms with Crippen LogP contribution in [-0.2, 0) is 11.2 Å². The number of anilines is 1. The van der Waals surface area contributed by atoms with Crippen LogP contribution in [0.15, 0.2) is 60.8 Å². The largest absolute Gasteiger partial charge is 0.496 e. The van der Waals surface area contributed by atoms with E-state index in [0.29, 0.717) is 5.02 Å². The Morgan fingerprint density at radius 1 is 1.04 bits per heavy atom. The van der Waals surface area contributed by atoms with E-state index < -0.39 is 0 Å². The fraction of sp³-hybridized carbons (Fsp3) is 0.261. The van der Waals surface area contributed by atoms with Crippen LogP contribution in [0.25, 0.3) is 11.1 Å². The Balaban J connectivity index is 1.55. The summed E-state index contributed by atoms with van der Waals surface area (Å²) in [7, 11) is 1.69. The Morgan fingerprint density at radius 3 is 2.57 bits per heavy atom. The van der Waals surface area contributed by atoms with Gasteiger partial charge in [-0.2, -0.15) is 0 Å². The molecule has 0 bridgehead atoms. The van der Waals surface area contributed by atoms with Crippen LogP contribution in [0, 0.1) is 0 Å². The molecule has 1 saturated heterocycles. The molecule has 1 fully saturated rings. The van der Waals surface area contributed by atoms with Gasteiger partial charge in [-0.3, -0.25) is 0 Å². The number of rotatable bonds is 5. The zero-order valence-corrected chi connectivity index (χ0v) is 16.7. The van der Waals surface area contributed by atoms with Gasteiger partial charge in [0.2, 0.25) is 0 Å². The summed E-state index contributed by atoms with van der Waals surface area (Å²) in [5, 5.41) is 0.716. The number of methoxy groups -OCH3 is 1. The molecule has 0 N–H and O–H groups in total. The zero-order valence-electron chi connectivity index (χ0n) is 15.9. The van der Waals surface area contributed by atoms with E-state index >= 15 is 0 Å². The fourth-order valence-electron chi connectivity index (χ4n) is 3.48. The predicted molar refractivity (Wildman–Crippen MR) is 114 cm³/mol. The highest BCUT2D eigenvalue weighted by Crippen LogP contribution is 2.33. The first-order chi connectivity index (χ1) is 13.7. The number of hydrogen-bond donors (Lipinski definition) is 0. The average Bonchev–Trinajstić information content (AvgIpc) is 2.75. The molecule has 5 heteroatoms. The minimum atomic E-state index is 0.716. The molecule has 28 heavy (non-hydrogen) atoms. The van der Waals surface area contributed by atoms with Crippen LogP contribution in [0.1, 0.15) is 11.1 Å². The molecule has 2 aromatic carbocycles. The van der Waals surface area contributed by atoms with Gasteiger partial charge in [-0.15, -0.1) is 0 Å². The lowest BCUT2D eigenvalue weighted by molar-refractivity contribution is 0.122. The molecular weight excluding hydrogens is 372 g/mol. The van der Waals surface area contributed by atoms with Crippen molar-refractivity contribution in [3.8, 4) is 16.9 Å². The molecule has 3 aromatic rings. The monoisotopic (exact) mass is 394 g/mol. The van der Waals surface area contributed by atoms with Crippen molar-refractivity contribution in [2.75, 3.05) is 38.3 Å². The molecule has 2 heterocycles. The number of morpholine rings is 1. The minimum absolute atomic E-state index is 0.716. The molecule has 0 radical (unpaired) electrons. The Hall–Kier alpha value is -2.56. The highest BCUT2D eigenvalue weighted by Gasteiger charge is 2.12. The number of nitrogens with zero attached hydrogens (tertiary/aromatic N) is 2. The second-order valence-corrected chi connectivity index (χ2v) is 7.28. The summed E-state index contributed by atoms with van der Waals surface area (Å²) >= 11 is 6.18. The van der Waals surface area contributed by atoms with Gasteiger partial charge in [-0.05, 0) is 53.4 Å². The van der Waals surface area contributed by atoms with Crippen molar-refractivity contribution < 1.29 is 9.47 Å². The summed E-state index contributed by atoms with van der Waals surface area (Å²) in [6.07, 6.45) is 2.78. The number of hydrogen-bond acceptors (Lipinski definition) is 4. The van der Waals surface area contributed by atoms with Crippen LogP contribution in [0.4, 0.5) is 5.82 Å². The third kappa shape index (κ3) is 4.29. The van der Waals surface area contributed by atoms with Gasteiger partial charge in [-0.25, -0.2) is 4.98 Å². The first-order valence-electron chi connectivity index (χ1n) is 9.43. The lowest BCUT2D eigenvalue weighted by Gasteiger charge is -2.27.